The van der Waals surface area contributed by atoms with Crippen molar-refractivity contribution in [2.45, 2.75) is 6.92 Å². The molecule has 0 radical (unpaired) electrons. The maximum Gasteiger partial charge on any atom is 0.280 e. The lowest BCUT2D eigenvalue weighted by Crippen LogP contribution is -2.10. The third-order valence-electron chi connectivity index (χ3n) is 2.13. The summed E-state index contributed by atoms with van der Waals surface area (Å²) < 4.78 is 0.447. The molecule has 82 valence electrons. The van der Waals surface area contributed by atoms with Crippen LogP contribution in [0.25, 0.3) is 0 Å². The van der Waals surface area contributed by atoms with Crippen LogP contribution in [0.4, 0.5) is 11.4 Å². The van der Waals surface area contributed by atoms with Crippen molar-refractivity contribution in [1.29, 1.82) is 0 Å². The minimum Gasteiger partial charge on any atom is -0.353 e. The topological polar surface area (TPSA) is 57.8 Å². The average molecular weight is 280 g/mol. The number of aromatic nitrogens is 2. The zero-order chi connectivity index (χ0) is 11.5. The maximum atomic E-state index is 11.3. The first-order chi connectivity index (χ1) is 7.66. The highest BCUT2D eigenvalue weighted by molar-refractivity contribution is 9.10. The summed E-state index contributed by atoms with van der Waals surface area (Å²) >= 11 is 3.21. The fraction of sp³-hybridized carbons (Fsp3) is 0.0909. The maximum absolute atomic E-state index is 11.3. The van der Waals surface area contributed by atoms with Crippen molar-refractivity contribution in [3.8, 4) is 0 Å². The van der Waals surface area contributed by atoms with Gasteiger partial charge in [-0.1, -0.05) is 17.7 Å². The lowest BCUT2D eigenvalue weighted by Gasteiger charge is -2.07. The molecule has 2 N–H and O–H groups in total. The van der Waals surface area contributed by atoms with E-state index in [0.717, 1.165) is 5.69 Å². The fourth-order valence-corrected chi connectivity index (χ4v) is 1.55. The summed E-state index contributed by atoms with van der Waals surface area (Å²) in [5, 5.41) is 9.18. The number of halogens is 1. The Hall–Kier alpha value is -1.62. The van der Waals surface area contributed by atoms with Crippen LogP contribution in [0.15, 0.2) is 39.7 Å². The molecule has 0 aliphatic heterocycles. The van der Waals surface area contributed by atoms with Gasteiger partial charge in [-0.2, -0.15) is 5.10 Å². The molecule has 2 rings (SSSR count). The van der Waals surface area contributed by atoms with E-state index in [-0.39, 0.29) is 5.56 Å². The van der Waals surface area contributed by atoms with E-state index in [0.29, 0.717) is 10.2 Å². The van der Waals surface area contributed by atoms with E-state index in [4.69, 9.17) is 0 Å². The van der Waals surface area contributed by atoms with Crippen LogP contribution >= 0.6 is 15.9 Å². The minimum absolute atomic E-state index is 0.253. The molecule has 0 aliphatic rings. The SMILES string of the molecule is Cc1ccc(Nc2cn[nH]c(=O)c2Br)cc1. The largest absolute Gasteiger partial charge is 0.353 e. The van der Waals surface area contributed by atoms with Crippen LogP contribution in [0.1, 0.15) is 5.56 Å². The number of nitrogens with one attached hydrogen (secondary N) is 2. The Bertz CT molecular complexity index is 548. The highest BCUT2D eigenvalue weighted by atomic mass is 79.9. The molecule has 1 heterocycles. The number of hydrogen-bond acceptors (Lipinski definition) is 3. The highest BCUT2D eigenvalue weighted by Crippen LogP contribution is 2.21. The van der Waals surface area contributed by atoms with E-state index in [9.17, 15) is 4.79 Å². The molecule has 1 aromatic carbocycles. The van der Waals surface area contributed by atoms with Gasteiger partial charge in [-0.15, -0.1) is 0 Å². The van der Waals surface area contributed by atoms with Gasteiger partial charge >= 0.3 is 0 Å². The number of H-pyrrole nitrogens is 1. The molecule has 0 saturated carbocycles. The third kappa shape index (κ3) is 2.30. The van der Waals surface area contributed by atoms with Crippen molar-refractivity contribution in [3.05, 3.63) is 50.9 Å². The Morgan fingerprint density at radius 2 is 2.00 bits per heavy atom. The first-order valence-corrected chi connectivity index (χ1v) is 5.53. The van der Waals surface area contributed by atoms with Crippen LogP contribution in [0.2, 0.25) is 0 Å². The number of nitrogens with zero attached hydrogens (tertiary/aromatic N) is 1. The molecule has 0 unspecified atom stereocenters. The summed E-state index contributed by atoms with van der Waals surface area (Å²) in [5.41, 5.74) is 2.50. The summed E-state index contributed by atoms with van der Waals surface area (Å²) in [5.74, 6) is 0. The molecule has 16 heavy (non-hydrogen) atoms. The lowest BCUT2D eigenvalue weighted by molar-refractivity contribution is 0.981. The molecule has 0 spiro atoms. The van der Waals surface area contributed by atoms with Crippen molar-refractivity contribution in [2.75, 3.05) is 5.32 Å². The van der Waals surface area contributed by atoms with Crippen molar-refractivity contribution in [3.63, 3.8) is 0 Å². The molecule has 0 amide bonds. The quantitative estimate of drug-likeness (QED) is 0.889. The summed E-state index contributed by atoms with van der Waals surface area (Å²) in [7, 11) is 0. The summed E-state index contributed by atoms with van der Waals surface area (Å²) in [4.78, 5) is 11.3. The molecule has 5 heteroatoms. The second-order valence-electron chi connectivity index (χ2n) is 3.42. The molecule has 4 nitrogen and oxygen atoms in total. The van der Waals surface area contributed by atoms with Gasteiger partial charge in [0.25, 0.3) is 5.56 Å². The number of aryl methyl sites for hydroxylation is 1. The minimum atomic E-state index is -0.253. The zero-order valence-corrected chi connectivity index (χ0v) is 10.2. The first kappa shape index (κ1) is 10.9. The summed E-state index contributed by atoms with van der Waals surface area (Å²) in [6.07, 6.45) is 1.56. The molecule has 0 aliphatic carbocycles. The third-order valence-corrected chi connectivity index (χ3v) is 2.91. The smallest absolute Gasteiger partial charge is 0.280 e. The Morgan fingerprint density at radius 1 is 1.31 bits per heavy atom. The number of aromatic amines is 1. The van der Waals surface area contributed by atoms with Gasteiger partial charge in [-0.25, -0.2) is 5.10 Å². The summed E-state index contributed by atoms with van der Waals surface area (Å²) in [6, 6.07) is 7.89. The molecule has 0 atom stereocenters. The zero-order valence-electron chi connectivity index (χ0n) is 8.62. The van der Waals surface area contributed by atoms with Crippen LogP contribution in [0, 0.1) is 6.92 Å². The highest BCUT2D eigenvalue weighted by Gasteiger charge is 2.03. The van der Waals surface area contributed by atoms with Crippen LogP contribution in [-0.4, -0.2) is 10.2 Å². The number of hydrogen-bond donors (Lipinski definition) is 2. The van der Waals surface area contributed by atoms with Gasteiger partial charge in [0, 0.05) is 5.69 Å². The monoisotopic (exact) mass is 279 g/mol. The molecule has 0 saturated heterocycles. The van der Waals surface area contributed by atoms with Crippen LogP contribution in [-0.2, 0) is 0 Å². The molecule has 0 bridgehead atoms. The van der Waals surface area contributed by atoms with Gasteiger partial charge in [0.1, 0.15) is 4.47 Å². The normalized spacial score (nSPS) is 10.1. The lowest BCUT2D eigenvalue weighted by atomic mass is 10.2. The van der Waals surface area contributed by atoms with E-state index < -0.39 is 0 Å². The number of rotatable bonds is 2. The molecular formula is C11H10BrN3O. The molecule has 2 aromatic rings. The fourth-order valence-electron chi connectivity index (χ4n) is 1.26. The Morgan fingerprint density at radius 3 is 2.69 bits per heavy atom. The predicted molar refractivity (Wildman–Crippen MR) is 67.0 cm³/mol. The Kier molecular flexibility index (Phi) is 3.05. The van der Waals surface area contributed by atoms with Crippen molar-refractivity contribution >= 4 is 27.3 Å². The average Bonchev–Trinajstić information content (AvgIpc) is 2.28. The standard InChI is InChI=1S/C11H10BrN3O/c1-7-2-4-8(5-3-7)14-9-6-13-15-11(16)10(9)12/h2-6H,1H3,(H2,14,15,16). The van der Waals surface area contributed by atoms with Gasteiger partial charge in [-0.3, -0.25) is 4.79 Å². The van der Waals surface area contributed by atoms with Gasteiger partial charge in [-0.05, 0) is 35.0 Å². The Labute approximate surface area is 101 Å². The van der Waals surface area contributed by atoms with E-state index >= 15 is 0 Å². The second kappa shape index (κ2) is 4.49. The van der Waals surface area contributed by atoms with Crippen LogP contribution in [0.3, 0.4) is 0 Å². The molecule has 1 aromatic heterocycles. The van der Waals surface area contributed by atoms with Crippen molar-refractivity contribution in [2.24, 2.45) is 0 Å². The molecular weight excluding hydrogens is 270 g/mol. The van der Waals surface area contributed by atoms with E-state index in [2.05, 4.69) is 31.4 Å². The summed E-state index contributed by atoms with van der Waals surface area (Å²) in [6.45, 7) is 2.02. The van der Waals surface area contributed by atoms with Gasteiger partial charge in [0.2, 0.25) is 0 Å². The van der Waals surface area contributed by atoms with E-state index in [1.165, 1.54) is 5.56 Å². The predicted octanol–water partition coefficient (Wildman–Crippen LogP) is 2.58. The van der Waals surface area contributed by atoms with E-state index in [1.54, 1.807) is 6.20 Å². The first-order valence-electron chi connectivity index (χ1n) is 4.73. The number of benzene rings is 1. The number of anilines is 2. The van der Waals surface area contributed by atoms with Gasteiger partial charge < -0.3 is 5.32 Å². The Balaban J connectivity index is 2.30. The van der Waals surface area contributed by atoms with Crippen molar-refractivity contribution < 1.29 is 0 Å². The van der Waals surface area contributed by atoms with Gasteiger partial charge in [0.05, 0.1) is 11.9 Å². The van der Waals surface area contributed by atoms with Crippen LogP contribution < -0.4 is 10.9 Å². The van der Waals surface area contributed by atoms with Crippen molar-refractivity contribution in [1.82, 2.24) is 10.2 Å². The molecule has 0 fully saturated rings. The second-order valence-corrected chi connectivity index (χ2v) is 4.21. The van der Waals surface area contributed by atoms with Crippen LogP contribution in [0.5, 0.6) is 0 Å². The van der Waals surface area contributed by atoms with E-state index in [1.807, 2.05) is 31.2 Å². The van der Waals surface area contributed by atoms with Gasteiger partial charge in [0.15, 0.2) is 0 Å².